The van der Waals surface area contributed by atoms with Crippen molar-refractivity contribution >= 4 is 11.3 Å². The zero-order chi connectivity index (χ0) is 23.6. The predicted molar refractivity (Wildman–Crippen MR) is 131 cm³/mol. The molecular weight excluding hydrogens is 443 g/mol. The Bertz CT molecular complexity index is 1380. The van der Waals surface area contributed by atoms with Crippen molar-refractivity contribution in [1.29, 1.82) is 0 Å². The normalized spacial score (nSPS) is 26.1. The minimum Gasteiger partial charge on any atom is -0.370 e. The molecule has 1 atom stereocenters. The highest BCUT2D eigenvalue weighted by molar-refractivity contribution is 5.61. The molecule has 4 aliphatic rings. The van der Waals surface area contributed by atoms with Gasteiger partial charge in [-0.05, 0) is 61.6 Å². The van der Waals surface area contributed by atoms with Gasteiger partial charge in [0.05, 0.1) is 24.1 Å². The highest BCUT2D eigenvalue weighted by atomic mass is 19.1. The first-order valence-electron chi connectivity index (χ1n) is 12.5. The minimum atomic E-state index is -0.878. The molecule has 3 saturated carbocycles. The van der Waals surface area contributed by atoms with Gasteiger partial charge in [0.2, 0.25) is 0 Å². The minimum absolute atomic E-state index is 0.0853. The lowest BCUT2D eigenvalue weighted by molar-refractivity contribution is -0.218. The van der Waals surface area contributed by atoms with E-state index in [1.54, 1.807) is 6.33 Å². The third kappa shape index (κ3) is 3.69. The van der Waals surface area contributed by atoms with E-state index in [1.807, 2.05) is 39.8 Å². The van der Waals surface area contributed by atoms with Crippen molar-refractivity contribution in [1.82, 2.24) is 29.1 Å². The fourth-order valence-corrected chi connectivity index (χ4v) is 6.39. The zero-order valence-electron chi connectivity index (χ0n) is 19.6. The molecule has 1 unspecified atom stereocenters. The van der Waals surface area contributed by atoms with E-state index >= 15 is 0 Å². The van der Waals surface area contributed by atoms with Gasteiger partial charge in [0.25, 0.3) is 0 Å². The molecule has 0 aromatic carbocycles. The van der Waals surface area contributed by atoms with E-state index in [-0.39, 0.29) is 11.5 Å². The van der Waals surface area contributed by atoms with E-state index in [4.69, 9.17) is 10.7 Å². The molecule has 4 aromatic heterocycles. The van der Waals surface area contributed by atoms with Crippen molar-refractivity contribution in [3.8, 4) is 11.4 Å². The number of pyridine rings is 2. The SMILES string of the molecule is NC(CC12CC(F)(C1)C2)c1ccc2nc(Cn3cnc(-c4cncc(N5CCCC5)c4)n3)cn2c1. The molecule has 0 amide bonds. The zero-order valence-corrected chi connectivity index (χ0v) is 19.6. The number of hydrogen-bond acceptors (Lipinski definition) is 6. The first-order chi connectivity index (χ1) is 17.0. The second-order valence-corrected chi connectivity index (χ2v) is 10.8. The van der Waals surface area contributed by atoms with Crippen LogP contribution in [0.4, 0.5) is 10.1 Å². The van der Waals surface area contributed by atoms with Gasteiger partial charge in [0.1, 0.15) is 17.6 Å². The molecular formula is C26H29FN8. The Labute approximate surface area is 203 Å². The Morgan fingerprint density at radius 2 is 1.91 bits per heavy atom. The summed E-state index contributed by atoms with van der Waals surface area (Å²) in [4.78, 5) is 16.0. The molecule has 0 radical (unpaired) electrons. The van der Waals surface area contributed by atoms with Crippen molar-refractivity contribution in [2.24, 2.45) is 11.1 Å². The average Bonchev–Trinajstić information content (AvgIpc) is 3.58. The summed E-state index contributed by atoms with van der Waals surface area (Å²) in [6.07, 6.45) is 14.9. The summed E-state index contributed by atoms with van der Waals surface area (Å²) in [6, 6.07) is 6.08. The summed E-state index contributed by atoms with van der Waals surface area (Å²) >= 11 is 0. The molecule has 4 aromatic rings. The number of nitrogens with zero attached hydrogens (tertiary/aromatic N) is 7. The molecule has 0 spiro atoms. The van der Waals surface area contributed by atoms with Crippen molar-refractivity contribution in [2.45, 2.75) is 56.8 Å². The Morgan fingerprint density at radius 3 is 2.71 bits per heavy atom. The van der Waals surface area contributed by atoms with Crippen LogP contribution in [0.3, 0.4) is 0 Å². The molecule has 2 N–H and O–H groups in total. The quantitative estimate of drug-likeness (QED) is 0.439. The summed E-state index contributed by atoms with van der Waals surface area (Å²) in [5.74, 6) is 0.666. The summed E-state index contributed by atoms with van der Waals surface area (Å²) in [5.41, 5.74) is 10.6. The van der Waals surface area contributed by atoms with Gasteiger partial charge in [-0.15, -0.1) is 0 Å². The number of alkyl halides is 1. The predicted octanol–water partition coefficient (Wildman–Crippen LogP) is 3.92. The molecule has 8 rings (SSSR count). The summed E-state index contributed by atoms with van der Waals surface area (Å²) in [7, 11) is 0. The number of rotatable bonds is 7. The van der Waals surface area contributed by atoms with Gasteiger partial charge < -0.3 is 15.0 Å². The van der Waals surface area contributed by atoms with Gasteiger partial charge in [0, 0.05) is 43.3 Å². The number of hydrogen-bond donors (Lipinski definition) is 1. The van der Waals surface area contributed by atoms with Crippen LogP contribution in [0.5, 0.6) is 0 Å². The van der Waals surface area contributed by atoms with E-state index in [1.165, 1.54) is 12.8 Å². The molecule has 1 saturated heterocycles. The lowest BCUT2D eigenvalue weighted by Crippen LogP contribution is -2.64. The average molecular weight is 473 g/mol. The van der Waals surface area contributed by atoms with Crippen LogP contribution < -0.4 is 10.6 Å². The molecule has 180 valence electrons. The van der Waals surface area contributed by atoms with Crippen LogP contribution in [0.1, 0.15) is 55.8 Å². The van der Waals surface area contributed by atoms with Gasteiger partial charge in [-0.1, -0.05) is 6.07 Å². The highest BCUT2D eigenvalue weighted by Crippen LogP contribution is 2.71. The molecule has 8 nitrogen and oxygen atoms in total. The molecule has 2 bridgehead atoms. The van der Waals surface area contributed by atoms with Gasteiger partial charge in [-0.25, -0.2) is 19.0 Å². The third-order valence-corrected chi connectivity index (χ3v) is 7.99. The lowest BCUT2D eigenvalue weighted by atomic mass is 9.40. The fourth-order valence-electron chi connectivity index (χ4n) is 6.39. The van der Waals surface area contributed by atoms with Crippen LogP contribution in [0.25, 0.3) is 17.0 Å². The molecule has 35 heavy (non-hydrogen) atoms. The Morgan fingerprint density at radius 1 is 1.09 bits per heavy atom. The number of halogens is 1. The van der Waals surface area contributed by atoms with E-state index in [9.17, 15) is 4.39 Å². The highest BCUT2D eigenvalue weighted by Gasteiger charge is 2.68. The maximum atomic E-state index is 13.9. The molecule has 1 aliphatic heterocycles. The van der Waals surface area contributed by atoms with Gasteiger partial charge in [-0.2, -0.15) is 5.10 Å². The smallest absolute Gasteiger partial charge is 0.182 e. The summed E-state index contributed by atoms with van der Waals surface area (Å²) in [6.45, 7) is 2.68. The van der Waals surface area contributed by atoms with E-state index in [2.05, 4.69) is 32.2 Å². The molecule has 9 heteroatoms. The first kappa shape index (κ1) is 21.0. The van der Waals surface area contributed by atoms with Crippen molar-refractivity contribution in [2.75, 3.05) is 18.0 Å². The van der Waals surface area contributed by atoms with E-state index < -0.39 is 5.67 Å². The second-order valence-electron chi connectivity index (χ2n) is 10.8. The van der Waals surface area contributed by atoms with Gasteiger partial charge in [-0.3, -0.25) is 4.98 Å². The number of aromatic nitrogens is 6. The molecule has 5 heterocycles. The Hall–Kier alpha value is -3.33. The first-order valence-corrected chi connectivity index (χ1v) is 12.5. The Balaban J connectivity index is 1.06. The van der Waals surface area contributed by atoms with Crippen LogP contribution >= 0.6 is 0 Å². The maximum absolute atomic E-state index is 13.9. The van der Waals surface area contributed by atoms with Crippen LogP contribution in [0, 0.1) is 5.41 Å². The lowest BCUT2D eigenvalue weighted by Gasteiger charge is -2.66. The van der Waals surface area contributed by atoms with Crippen molar-refractivity contribution in [3.63, 3.8) is 0 Å². The largest absolute Gasteiger partial charge is 0.370 e. The van der Waals surface area contributed by atoms with Crippen molar-refractivity contribution < 1.29 is 4.39 Å². The Kier molecular flexibility index (Phi) is 4.55. The van der Waals surface area contributed by atoms with Crippen molar-refractivity contribution in [3.05, 3.63) is 60.6 Å². The third-order valence-electron chi connectivity index (χ3n) is 7.99. The maximum Gasteiger partial charge on any atom is 0.182 e. The van der Waals surface area contributed by atoms with Crippen LogP contribution in [-0.2, 0) is 6.54 Å². The standard InChI is InChI=1S/C26H29FN8/c27-26-14-25(15-26,16-26)8-22(28)18-3-4-23-31-20(12-34(23)11-18)13-35-17-30-24(32-35)19-7-21(10-29-9-19)33-5-1-2-6-33/h3-4,7,9-12,17,22H,1-2,5-6,8,13-16,28H2. The fraction of sp³-hybridized carbons (Fsp3) is 0.462. The van der Waals surface area contributed by atoms with E-state index in [0.29, 0.717) is 31.6 Å². The van der Waals surface area contributed by atoms with Gasteiger partial charge >= 0.3 is 0 Å². The topological polar surface area (TPSA) is 90.2 Å². The molecule has 3 aliphatic carbocycles. The van der Waals surface area contributed by atoms with Crippen LogP contribution in [0.15, 0.2) is 49.3 Å². The molecule has 4 fully saturated rings. The van der Waals surface area contributed by atoms with E-state index in [0.717, 1.165) is 47.7 Å². The van der Waals surface area contributed by atoms with Crippen LogP contribution in [-0.4, -0.2) is 47.9 Å². The van der Waals surface area contributed by atoms with Crippen LogP contribution in [0.2, 0.25) is 0 Å². The summed E-state index contributed by atoms with van der Waals surface area (Å²) in [5, 5.41) is 4.67. The number of nitrogens with two attached hydrogens (primary N) is 1. The number of fused-ring (bicyclic) bond motifs is 1. The monoisotopic (exact) mass is 472 g/mol. The second kappa shape index (κ2) is 7.58. The summed E-state index contributed by atoms with van der Waals surface area (Å²) < 4.78 is 17.7. The number of anilines is 1. The number of imidazole rings is 1. The van der Waals surface area contributed by atoms with Gasteiger partial charge in [0.15, 0.2) is 5.82 Å².